The first-order valence-corrected chi connectivity index (χ1v) is 8.96. The monoisotopic (exact) mass is 349 g/mol. The van der Waals surface area contributed by atoms with Crippen LogP contribution in [0.25, 0.3) is 0 Å². The number of carbonyl (C=O) groups excluding carboxylic acids is 2. The number of nitrogens with zero attached hydrogens (tertiary/aromatic N) is 1. The number of benzene rings is 1. The second-order valence-electron chi connectivity index (χ2n) is 6.86. The minimum Gasteiger partial charge on any atom is -0.354 e. The molecule has 6 heteroatoms. The summed E-state index contributed by atoms with van der Waals surface area (Å²) in [5.41, 5.74) is 0.718. The van der Waals surface area contributed by atoms with Crippen LogP contribution < -0.4 is 10.6 Å². The summed E-state index contributed by atoms with van der Waals surface area (Å²) in [5, 5.41) is 5.85. The second-order valence-corrected chi connectivity index (χ2v) is 6.86. The molecule has 0 saturated heterocycles. The summed E-state index contributed by atoms with van der Waals surface area (Å²) in [6.45, 7) is 0.295. The van der Waals surface area contributed by atoms with Crippen LogP contribution in [0.3, 0.4) is 0 Å². The summed E-state index contributed by atoms with van der Waals surface area (Å²) in [4.78, 5) is 26.2. The van der Waals surface area contributed by atoms with E-state index in [9.17, 15) is 14.0 Å². The van der Waals surface area contributed by atoms with Crippen molar-refractivity contribution in [2.24, 2.45) is 0 Å². The molecule has 0 spiro atoms. The largest absolute Gasteiger partial charge is 0.354 e. The van der Waals surface area contributed by atoms with Crippen LogP contribution in [0.5, 0.6) is 0 Å². The summed E-state index contributed by atoms with van der Waals surface area (Å²) in [6, 6.07) is 5.67. The van der Waals surface area contributed by atoms with Gasteiger partial charge in [-0.3, -0.25) is 14.5 Å². The molecule has 0 radical (unpaired) electrons. The van der Waals surface area contributed by atoms with E-state index in [1.54, 1.807) is 31.1 Å². The third-order valence-electron chi connectivity index (χ3n) is 4.57. The molecule has 2 N–H and O–H groups in total. The molecule has 1 aliphatic rings. The van der Waals surface area contributed by atoms with Crippen molar-refractivity contribution in [2.75, 3.05) is 20.6 Å². The average molecular weight is 349 g/mol. The standard InChI is InChI=1S/C19H28FN3O2/c1-23(2)18(14-8-10-15(20)11-9-14)19(25)21-13-12-17(24)22-16-6-4-3-5-7-16/h8-11,16,18H,3-7,12-13H2,1-2H3,(H,21,25)(H,22,24)/t18-/m1/s1. The number of rotatable bonds is 7. The lowest BCUT2D eigenvalue weighted by molar-refractivity contribution is -0.126. The molecule has 0 bridgehead atoms. The average Bonchev–Trinajstić information content (AvgIpc) is 2.57. The van der Waals surface area contributed by atoms with Crippen LogP contribution in [0.2, 0.25) is 0 Å². The minimum atomic E-state index is -0.512. The topological polar surface area (TPSA) is 61.4 Å². The van der Waals surface area contributed by atoms with Crippen LogP contribution in [0.1, 0.15) is 50.1 Å². The van der Waals surface area contributed by atoms with Gasteiger partial charge in [0.1, 0.15) is 11.9 Å². The quantitative estimate of drug-likeness (QED) is 0.794. The number of likely N-dealkylation sites (N-methyl/N-ethyl adjacent to an activating group) is 1. The molecule has 2 amide bonds. The predicted octanol–water partition coefficient (Wildman–Crippen LogP) is 2.38. The van der Waals surface area contributed by atoms with Gasteiger partial charge in [-0.25, -0.2) is 4.39 Å². The number of halogens is 1. The third-order valence-corrected chi connectivity index (χ3v) is 4.57. The Balaban J connectivity index is 1.80. The normalized spacial score (nSPS) is 16.5. The molecular weight excluding hydrogens is 321 g/mol. The maximum Gasteiger partial charge on any atom is 0.241 e. The number of nitrogens with one attached hydrogen (secondary N) is 2. The Morgan fingerprint density at radius 1 is 1.16 bits per heavy atom. The van der Waals surface area contributed by atoms with E-state index in [4.69, 9.17) is 0 Å². The lowest BCUT2D eigenvalue weighted by atomic mass is 9.95. The van der Waals surface area contributed by atoms with E-state index in [0.29, 0.717) is 6.54 Å². The molecule has 0 heterocycles. The fourth-order valence-electron chi connectivity index (χ4n) is 3.27. The lowest BCUT2D eigenvalue weighted by Crippen LogP contribution is -2.40. The predicted molar refractivity (Wildman–Crippen MR) is 95.5 cm³/mol. The first-order valence-electron chi connectivity index (χ1n) is 8.96. The van der Waals surface area contributed by atoms with Crippen molar-refractivity contribution in [3.63, 3.8) is 0 Å². The van der Waals surface area contributed by atoms with Crippen LogP contribution in [-0.2, 0) is 9.59 Å². The molecule has 0 aromatic heterocycles. The summed E-state index contributed by atoms with van der Waals surface area (Å²) >= 11 is 0. The minimum absolute atomic E-state index is 0.0182. The smallest absolute Gasteiger partial charge is 0.241 e. The van der Waals surface area contributed by atoms with E-state index in [1.807, 2.05) is 0 Å². The molecule has 1 aliphatic carbocycles. The van der Waals surface area contributed by atoms with Crippen LogP contribution in [-0.4, -0.2) is 43.4 Å². The molecule has 1 fully saturated rings. The molecule has 138 valence electrons. The van der Waals surface area contributed by atoms with E-state index in [0.717, 1.165) is 18.4 Å². The summed E-state index contributed by atoms with van der Waals surface area (Å²) in [5.74, 6) is -0.543. The second kappa shape index (κ2) is 9.51. The fraction of sp³-hybridized carbons (Fsp3) is 0.579. The zero-order chi connectivity index (χ0) is 18.2. The van der Waals surface area contributed by atoms with Crippen LogP contribution in [0, 0.1) is 5.82 Å². The van der Waals surface area contributed by atoms with E-state index < -0.39 is 6.04 Å². The van der Waals surface area contributed by atoms with Gasteiger partial charge in [-0.1, -0.05) is 31.4 Å². The van der Waals surface area contributed by atoms with Crippen molar-refractivity contribution >= 4 is 11.8 Å². The SMILES string of the molecule is CN(C)[C@@H](C(=O)NCCC(=O)NC1CCCCC1)c1ccc(F)cc1. The van der Waals surface area contributed by atoms with Crippen LogP contribution in [0.15, 0.2) is 24.3 Å². The highest BCUT2D eigenvalue weighted by molar-refractivity contribution is 5.84. The van der Waals surface area contributed by atoms with Crippen molar-refractivity contribution in [3.05, 3.63) is 35.6 Å². The highest BCUT2D eigenvalue weighted by atomic mass is 19.1. The Morgan fingerprint density at radius 2 is 1.80 bits per heavy atom. The number of hydrogen-bond acceptors (Lipinski definition) is 3. The summed E-state index contributed by atoms with van der Waals surface area (Å²) in [7, 11) is 3.59. The van der Waals surface area contributed by atoms with Crippen molar-refractivity contribution in [1.29, 1.82) is 0 Å². The first-order chi connectivity index (χ1) is 12.0. The first kappa shape index (κ1) is 19.4. The van der Waals surface area contributed by atoms with Crippen molar-refractivity contribution in [2.45, 2.75) is 50.6 Å². The molecule has 1 aromatic carbocycles. The molecule has 1 aromatic rings. The van der Waals surface area contributed by atoms with Gasteiger partial charge >= 0.3 is 0 Å². The number of amides is 2. The molecular formula is C19H28FN3O2. The van der Waals surface area contributed by atoms with Crippen molar-refractivity contribution in [3.8, 4) is 0 Å². The van der Waals surface area contributed by atoms with Crippen molar-refractivity contribution < 1.29 is 14.0 Å². The molecule has 1 saturated carbocycles. The Kier molecular flexibility index (Phi) is 7.37. The fourth-order valence-corrected chi connectivity index (χ4v) is 3.27. The molecule has 0 aliphatic heterocycles. The van der Waals surface area contributed by atoms with Gasteiger partial charge in [0.15, 0.2) is 0 Å². The summed E-state index contributed by atoms with van der Waals surface area (Å²) < 4.78 is 13.1. The van der Waals surface area contributed by atoms with E-state index in [-0.39, 0.29) is 30.1 Å². The van der Waals surface area contributed by atoms with Gasteiger partial charge in [-0.2, -0.15) is 0 Å². The lowest BCUT2D eigenvalue weighted by Gasteiger charge is -2.24. The summed E-state index contributed by atoms with van der Waals surface area (Å²) in [6.07, 6.45) is 5.95. The van der Waals surface area contributed by atoms with Gasteiger partial charge in [-0.05, 0) is 44.6 Å². The highest BCUT2D eigenvalue weighted by Crippen LogP contribution is 2.19. The Labute approximate surface area is 149 Å². The van der Waals surface area contributed by atoms with E-state index >= 15 is 0 Å². The zero-order valence-corrected chi connectivity index (χ0v) is 15.1. The molecule has 0 unspecified atom stereocenters. The van der Waals surface area contributed by atoms with Crippen LogP contribution in [0.4, 0.5) is 4.39 Å². The Morgan fingerprint density at radius 3 is 2.40 bits per heavy atom. The Bertz CT molecular complexity index is 569. The molecule has 5 nitrogen and oxygen atoms in total. The van der Waals surface area contributed by atoms with E-state index in [2.05, 4.69) is 10.6 Å². The van der Waals surface area contributed by atoms with E-state index in [1.165, 1.54) is 31.4 Å². The Hall–Kier alpha value is -1.95. The van der Waals surface area contributed by atoms with Gasteiger partial charge in [0.2, 0.25) is 11.8 Å². The van der Waals surface area contributed by atoms with Gasteiger partial charge in [-0.15, -0.1) is 0 Å². The van der Waals surface area contributed by atoms with Crippen molar-refractivity contribution in [1.82, 2.24) is 15.5 Å². The highest BCUT2D eigenvalue weighted by Gasteiger charge is 2.23. The maximum atomic E-state index is 13.1. The third kappa shape index (κ3) is 6.12. The molecule has 1 atom stereocenters. The maximum absolute atomic E-state index is 13.1. The number of hydrogen-bond donors (Lipinski definition) is 2. The molecule has 2 rings (SSSR count). The van der Waals surface area contributed by atoms with Gasteiger partial charge in [0.05, 0.1) is 0 Å². The van der Waals surface area contributed by atoms with Crippen LogP contribution >= 0.6 is 0 Å². The van der Waals surface area contributed by atoms with Gasteiger partial charge in [0.25, 0.3) is 0 Å². The zero-order valence-electron chi connectivity index (χ0n) is 15.1. The molecule has 25 heavy (non-hydrogen) atoms. The van der Waals surface area contributed by atoms with Gasteiger partial charge < -0.3 is 10.6 Å². The number of carbonyl (C=O) groups is 2. The van der Waals surface area contributed by atoms with Gasteiger partial charge in [0, 0.05) is 19.0 Å².